The van der Waals surface area contributed by atoms with E-state index in [1.54, 1.807) is 18.3 Å². The molecule has 0 spiro atoms. The molecule has 0 amide bonds. The first kappa shape index (κ1) is 12.2. The van der Waals surface area contributed by atoms with E-state index in [2.05, 4.69) is 31.6 Å². The van der Waals surface area contributed by atoms with E-state index in [0.29, 0.717) is 12.2 Å². The fraction of sp³-hybridized carbons (Fsp3) is 0.273. The Balaban J connectivity index is 2.27. The van der Waals surface area contributed by atoms with Gasteiger partial charge in [0.2, 0.25) is 0 Å². The van der Waals surface area contributed by atoms with Gasteiger partial charge in [0.05, 0.1) is 11.9 Å². The molecule has 0 atom stereocenters. The van der Waals surface area contributed by atoms with Gasteiger partial charge < -0.3 is 5.32 Å². The van der Waals surface area contributed by atoms with E-state index in [4.69, 9.17) is 0 Å². The molecule has 0 radical (unpaired) electrons. The summed E-state index contributed by atoms with van der Waals surface area (Å²) in [5, 5.41) is 11.0. The van der Waals surface area contributed by atoms with Crippen molar-refractivity contribution in [3.8, 4) is 5.69 Å². The predicted octanol–water partition coefficient (Wildman–Crippen LogP) is 2.28. The molecule has 4 nitrogen and oxygen atoms in total. The number of benzene rings is 1. The second kappa shape index (κ2) is 5.37. The van der Waals surface area contributed by atoms with Crippen LogP contribution >= 0.6 is 15.9 Å². The van der Waals surface area contributed by atoms with Gasteiger partial charge in [-0.05, 0) is 24.7 Å². The molecule has 0 aliphatic carbocycles. The summed E-state index contributed by atoms with van der Waals surface area (Å²) in [5.41, 5.74) is 1.17. The summed E-state index contributed by atoms with van der Waals surface area (Å²) in [7, 11) is 0. The molecule has 1 N–H and O–H groups in total. The molecular formula is C11H12BrFN4. The number of aromatic nitrogens is 3. The third kappa shape index (κ3) is 2.89. The number of hydrogen-bond acceptors (Lipinski definition) is 3. The molecule has 0 aliphatic rings. The van der Waals surface area contributed by atoms with Gasteiger partial charge in [-0.15, -0.1) is 5.10 Å². The van der Waals surface area contributed by atoms with E-state index >= 15 is 0 Å². The molecule has 0 unspecified atom stereocenters. The summed E-state index contributed by atoms with van der Waals surface area (Å²) in [4.78, 5) is 0. The van der Waals surface area contributed by atoms with Crippen LogP contribution in [0.25, 0.3) is 5.69 Å². The first-order chi connectivity index (χ1) is 8.20. The molecule has 0 saturated heterocycles. The third-order valence-electron chi connectivity index (χ3n) is 2.25. The lowest BCUT2D eigenvalue weighted by Gasteiger charge is -2.02. The van der Waals surface area contributed by atoms with Crippen LogP contribution < -0.4 is 5.32 Å². The van der Waals surface area contributed by atoms with Crippen LogP contribution in [-0.4, -0.2) is 21.5 Å². The Morgan fingerprint density at radius 2 is 2.29 bits per heavy atom. The lowest BCUT2D eigenvalue weighted by atomic mass is 10.3. The highest BCUT2D eigenvalue weighted by Crippen LogP contribution is 2.18. The molecule has 90 valence electrons. The van der Waals surface area contributed by atoms with Gasteiger partial charge in [-0.25, -0.2) is 9.07 Å². The summed E-state index contributed by atoms with van der Waals surface area (Å²) in [6.45, 7) is 3.50. The minimum Gasteiger partial charge on any atom is -0.311 e. The third-order valence-corrected chi connectivity index (χ3v) is 2.75. The van der Waals surface area contributed by atoms with Crippen LogP contribution in [0.1, 0.15) is 12.6 Å². The first-order valence-electron chi connectivity index (χ1n) is 5.28. The van der Waals surface area contributed by atoms with Crippen molar-refractivity contribution in [2.45, 2.75) is 13.5 Å². The summed E-state index contributed by atoms with van der Waals surface area (Å²) < 4.78 is 15.8. The number of hydrogen-bond donors (Lipinski definition) is 1. The zero-order valence-corrected chi connectivity index (χ0v) is 10.9. The monoisotopic (exact) mass is 298 g/mol. The minimum absolute atomic E-state index is 0.326. The van der Waals surface area contributed by atoms with Crippen molar-refractivity contribution < 1.29 is 4.39 Å². The zero-order chi connectivity index (χ0) is 12.3. The van der Waals surface area contributed by atoms with Crippen LogP contribution in [0.5, 0.6) is 0 Å². The van der Waals surface area contributed by atoms with Crippen LogP contribution in [0, 0.1) is 5.82 Å². The smallest absolute Gasteiger partial charge is 0.148 e. The Morgan fingerprint density at radius 3 is 3.06 bits per heavy atom. The largest absolute Gasteiger partial charge is 0.311 e. The number of halogens is 2. The first-order valence-corrected chi connectivity index (χ1v) is 6.07. The van der Waals surface area contributed by atoms with E-state index < -0.39 is 0 Å². The van der Waals surface area contributed by atoms with Gasteiger partial charge in [-0.2, -0.15) is 0 Å². The van der Waals surface area contributed by atoms with Crippen LogP contribution in [0.4, 0.5) is 4.39 Å². The van der Waals surface area contributed by atoms with Gasteiger partial charge in [0.1, 0.15) is 11.5 Å². The van der Waals surface area contributed by atoms with Crippen molar-refractivity contribution in [3.63, 3.8) is 0 Å². The Bertz CT molecular complexity index is 512. The van der Waals surface area contributed by atoms with Crippen LogP contribution in [0.3, 0.4) is 0 Å². The highest BCUT2D eigenvalue weighted by atomic mass is 79.9. The Hall–Kier alpha value is -1.27. The highest BCUT2D eigenvalue weighted by molar-refractivity contribution is 9.10. The highest BCUT2D eigenvalue weighted by Gasteiger charge is 2.08. The molecular weight excluding hydrogens is 287 g/mol. The van der Waals surface area contributed by atoms with Gasteiger partial charge in [-0.3, -0.25) is 0 Å². The molecule has 0 saturated carbocycles. The van der Waals surface area contributed by atoms with E-state index in [-0.39, 0.29) is 5.82 Å². The minimum atomic E-state index is -0.326. The number of nitrogens with zero attached hydrogens (tertiary/aromatic N) is 3. The molecule has 2 rings (SSSR count). The van der Waals surface area contributed by atoms with Gasteiger partial charge in [0.15, 0.2) is 0 Å². The Labute approximate surface area is 107 Å². The second-order valence-electron chi connectivity index (χ2n) is 3.53. The van der Waals surface area contributed by atoms with E-state index in [1.807, 2.05) is 6.92 Å². The summed E-state index contributed by atoms with van der Waals surface area (Å²) in [6, 6.07) is 4.71. The van der Waals surface area contributed by atoms with Gasteiger partial charge in [-0.1, -0.05) is 28.1 Å². The van der Waals surface area contributed by atoms with Crippen molar-refractivity contribution in [2.75, 3.05) is 6.54 Å². The van der Waals surface area contributed by atoms with Gasteiger partial charge in [0.25, 0.3) is 0 Å². The molecule has 1 aromatic carbocycles. The maximum Gasteiger partial charge on any atom is 0.148 e. The summed E-state index contributed by atoms with van der Waals surface area (Å²) >= 11 is 3.30. The quantitative estimate of drug-likeness (QED) is 0.942. The summed E-state index contributed by atoms with van der Waals surface area (Å²) in [5.74, 6) is -0.326. The van der Waals surface area contributed by atoms with Crippen molar-refractivity contribution in [1.82, 2.24) is 20.3 Å². The zero-order valence-electron chi connectivity index (χ0n) is 9.32. The average Bonchev–Trinajstić information content (AvgIpc) is 2.78. The molecule has 0 fully saturated rings. The second-order valence-corrected chi connectivity index (χ2v) is 4.45. The predicted molar refractivity (Wildman–Crippen MR) is 66.4 cm³/mol. The molecule has 0 bridgehead atoms. The molecule has 0 aliphatic heterocycles. The van der Waals surface area contributed by atoms with Crippen molar-refractivity contribution in [2.24, 2.45) is 0 Å². The lowest BCUT2D eigenvalue weighted by Crippen LogP contribution is -2.11. The number of rotatable bonds is 4. The maximum absolute atomic E-state index is 13.6. The Morgan fingerprint density at radius 1 is 1.47 bits per heavy atom. The molecule has 17 heavy (non-hydrogen) atoms. The van der Waals surface area contributed by atoms with Crippen LogP contribution in [-0.2, 0) is 6.54 Å². The molecule has 2 aromatic rings. The normalized spacial score (nSPS) is 10.8. The topological polar surface area (TPSA) is 42.7 Å². The molecule has 1 heterocycles. The lowest BCUT2D eigenvalue weighted by molar-refractivity contribution is 0.606. The van der Waals surface area contributed by atoms with E-state index in [9.17, 15) is 4.39 Å². The number of nitrogens with one attached hydrogen (secondary N) is 1. The maximum atomic E-state index is 13.6. The SMILES string of the molecule is CCNCc1cn(-c2cc(Br)ccc2F)nn1. The van der Waals surface area contributed by atoms with Crippen LogP contribution in [0.15, 0.2) is 28.9 Å². The van der Waals surface area contributed by atoms with E-state index in [1.165, 1.54) is 10.7 Å². The van der Waals surface area contributed by atoms with Crippen molar-refractivity contribution in [1.29, 1.82) is 0 Å². The standard InChI is InChI=1S/C11H12BrFN4/c1-2-14-6-9-7-17(16-15-9)11-5-8(12)3-4-10(11)13/h3-5,7,14H,2,6H2,1H3. The average molecular weight is 299 g/mol. The fourth-order valence-electron chi connectivity index (χ4n) is 1.41. The van der Waals surface area contributed by atoms with E-state index in [0.717, 1.165) is 16.7 Å². The van der Waals surface area contributed by atoms with Gasteiger partial charge >= 0.3 is 0 Å². The molecule has 6 heteroatoms. The Kier molecular flexibility index (Phi) is 3.86. The fourth-order valence-corrected chi connectivity index (χ4v) is 1.76. The van der Waals surface area contributed by atoms with Crippen molar-refractivity contribution >= 4 is 15.9 Å². The van der Waals surface area contributed by atoms with Crippen LogP contribution in [0.2, 0.25) is 0 Å². The van der Waals surface area contributed by atoms with Gasteiger partial charge in [0, 0.05) is 11.0 Å². The summed E-state index contributed by atoms with van der Waals surface area (Å²) in [6.07, 6.45) is 1.72. The van der Waals surface area contributed by atoms with Crippen molar-refractivity contribution in [3.05, 3.63) is 40.4 Å². The molecule has 1 aromatic heterocycles.